The number of fused-ring (bicyclic) bond motifs is 1. The average molecular weight is 284 g/mol. The van der Waals surface area contributed by atoms with E-state index in [1.165, 1.54) is 0 Å². The number of hydrogen-bond donors (Lipinski definition) is 1. The Labute approximate surface area is 122 Å². The molecule has 0 radical (unpaired) electrons. The average Bonchev–Trinajstić information content (AvgIpc) is 2.81. The summed E-state index contributed by atoms with van der Waals surface area (Å²) < 4.78 is 12.5. The summed E-state index contributed by atoms with van der Waals surface area (Å²) in [5, 5.41) is 9.90. The van der Waals surface area contributed by atoms with Gasteiger partial charge in [0, 0.05) is 6.20 Å². The number of imidazole rings is 1. The van der Waals surface area contributed by atoms with Crippen molar-refractivity contribution in [3.05, 3.63) is 53.9 Å². The Morgan fingerprint density at radius 3 is 2.67 bits per heavy atom. The fraction of sp³-hybridized carbons (Fsp3) is 0.188. The SMILES string of the molecule is COc1ccc(COc2cccn3c(O)c(C)nc23)cc1. The number of aromatic nitrogens is 2. The Bertz CT molecular complexity index is 763. The van der Waals surface area contributed by atoms with Crippen LogP contribution in [0.3, 0.4) is 0 Å². The molecule has 0 aliphatic rings. The summed E-state index contributed by atoms with van der Waals surface area (Å²) in [7, 11) is 1.64. The van der Waals surface area contributed by atoms with Gasteiger partial charge < -0.3 is 14.6 Å². The van der Waals surface area contributed by atoms with E-state index in [9.17, 15) is 5.11 Å². The van der Waals surface area contributed by atoms with Crippen molar-refractivity contribution < 1.29 is 14.6 Å². The van der Waals surface area contributed by atoms with Gasteiger partial charge in [0.2, 0.25) is 5.88 Å². The van der Waals surface area contributed by atoms with Gasteiger partial charge in [0.15, 0.2) is 11.4 Å². The number of aryl methyl sites for hydroxylation is 1. The molecule has 0 aliphatic heterocycles. The number of methoxy groups -OCH3 is 1. The number of ether oxygens (including phenoxy) is 2. The zero-order chi connectivity index (χ0) is 14.8. The summed E-state index contributed by atoms with van der Waals surface area (Å²) in [5.74, 6) is 1.59. The van der Waals surface area contributed by atoms with Gasteiger partial charge >= 0.3 is 0 Å². The topological polar surface area (TPSA) is 56.0 Å². The van der Waals surface area contributed by atoms with Crippen molar-refractivity contribution in [2.75, 3.05) is 7.11 Å². The number of hydrogen-bond acceptors (Lipinski definition) is 4. The quantitative estimate of drug-likeness (QED) is 0.800. The van der Waals surface area contributed by atoms with E-state index in [-0.39, 0.29) is 5.88 Å². The van der Waals surface area contributed by atoms with E-state index in [4.69, 9.17) is 9.47 Å². The van der Waals surface area contributed by atoms with E-state index in [1.54, 1.807) is 24.6 Å². The predicted molar refractivity (Wildman–Crippen MR) is 78.9 cm³/mol. The molecule has 108 valence electrons. The Kier molecular flexibility index (Phi) is 3.39. The molecule has 0 aliphatic carbocycles. The van der Waals surface area contributed by atoms with Gasteiger partial charge in [0.05, 0.1) is 7.11 Å². The smallest absolute Gasteiger partial charge is 0.219 e. The lowest BCUT2D eigenvalue weighted by molar-refractivity contribution is 0.307. The van der Waals surface area contributed by atoms with Crippen LogP contribution in [-0.4, -0.2) is 21.6 Å². The minimum atomic E-state index is 0.139. The van der Waals surface area contributed by atoms with Crippen LogP contribution in [0.5, 0.6) is 17.4 Å². The van der Waals surface area contributed by atoms with Crippen LogP contribution in [0.4, 0.5) is 0 Å². The molecule has 0 spiro atoms. The highest BCUT2D eigenvalue weighted by molar-refractivity contribution is 5.57. The normalized spacial score (nSPS) is 10.8. The Hall–Kier alpha value is -2.69. The van der Waals surface area contributed by atoms with Crippen molar-refractivity contribution in [3.8, 4) is 17.4 Å². The Morgan fingerprint density at radius 2 is 1.95 bits per heavy atom. The van der Waals surface area contributed by atoms with Gasteiger partial charge in [-0.25, -0.2) is 4.98 Å². The molecule has 1 aromatic carbocycles. The maximum Gasteiger partial charge on any atom is 0.219 e. The molecule has 0 fully saturated rings. The van der Waals surface area contributed by atoms with Crippen LogP contribution in [0.2, 0.25) is 0 Å². The van der Waals surface area contributed by atoms with E-state index in [0.29, 0.717) is 23.7 Å². The van der Waals surface area contributed by atoms with Crippen LogP contribution in [-0.2, 0) is 6.61 Å². The van der Waals surface area contributed by atoms with Crippen LogP contribution in [0, 0.1) is 6.92 Å². The first kappa shape index (κ1) is 13.3. The number of nitrogens with zero attached hydrogens (tertiary/aromatic N) is 2. The third-order valence-corrected chi connectivity index (χ3v) is 3.31. The molecule has 2 aromatic heterocycles. The van der Waals surface area contributed by atoms with Crippen molar-refractivity contribution in [1.29, 1.82) is 0 Å². The fourth-order valence-electron chi connectivity index (χ4n) is 2.14. The summed E-state index contributed by atoms with van der Waals surface area (Å²) in [6.07, 6.45) is 1.75. The second kappa shape index (κ2) is 5.36. The minimum Gasteiger partial charge on any atom is -0.497 e. The molecule has 0 atom stereocenters. The highest BCUT2D eigenvalue weighted by atomic mass is 16.5. The van der Waals surface area contributed by atoms with Crippen molar-refractivity contribution >= 4 is 5.65 Å². The maximum atomic E-state index is 9.90. The second-order valence-electron chi connectivity index (χ2n) is 4.72. The summed E-state index contributed by atoms with van der Waals surface area (Å²) >= 11 is 0. The lowest BCUT2D eigenvalue weighted by Crippen LogP contribution is -1.97. The summed E-state index contributed by atoms with van der Waals surface area (Å²) in [5.41, 5.74) is 2.22. The molecule has 21 heavy (non-hydrogen) atoms. The lowest BCUT2D eigenvalue weighted by atomic mass is 10.2. The van der Waals surface area contributed by atoms with Gasteiger partial charge in [-0.2, -0.15) is 0 Å². The van der Waals surface area contributed by atoms with Gasteiger partial charge in [-0.05, 0) is 36.8 Å². The van der Waals surface area contributed by atoms with E-state index in [0.717, 1.165) is 11.3 Å². The molecule has 3 aromatic rings. The van der Waals surface area contributed by atoms with Gasteiger partial charge in [-0.15, -0.1) is 0 Å². The van der Waals surface area contributed by atoms with Crippen molar-refractivity contribution in [1.82, 2.24) is 9.38 Å². The molecule has 0 unspecified atom stereocenters. The molecule has 0 bridgehead atoms. The second-order valence-corrected chi connectivity index (χ2v) is 4.72. The lowest BCUT2D eigenvalue weighted by Gasteiger charge is -2.08. The van der Waals surface area contributed by atoms with Crippen LogP contribution in [0.25, 0.3) is 5.65 Å². The molecule has 0 amide bonds. The van der Waals surface area contributed by atoms with E-state index in [1.807, 2.05) is 36.4 Å². The van der Waals surface area contributed by atoms with Gasteiger partial charge in [-0.1, -0.05) is 12.1 Å². The van der Waals surface area contributed by atoms with Gasteiger partial charge in [0.1, 0.15) is 18.1 Å². The van der Waals surface area contributed by atoms with E-state index >= 15 is 0 Å². The Balaban J connectivity index is 1.83. The van der Waals surface area contributed by atoms with Crippen LogP contribution >= 0.6 is 0 Å². The highest BCUT2D eigenvalue weighted by Crippen LogP contribution is 2.26. The largest absolute Gasteiger partial charge is 0.497 e. The number of pyridine rings is 1. The van der Waals surface area contributed by atoms with Crippen molar-refractivity contribution in [3.63, 3.8) is 0 Å². The molecule has 1 N–H and O–H groups in total. The first-order valence-electron chi connectivity index (χ1n) is 6.61. The van der Waals surface area contributed by atoms with Gasteiger partial charge in [-0.3, -0.25) is 4.40 Å². The monoisotopic (exact) mass is 284 g/mol. The first-order chi connectivity index (χ1) is 10.2. The van der Waals surface area contributed by atoms with E-state index < -0.39 is 0 Å². The molecule has 0 saturated heterocycles. The number of rotatable bonds is 4. The standard InChI is InChI=1S/C16H16N2O3/c1-11-16(19)18-9-3-4-14(15(18)17-11)21-10-12-5-7-13(20-2)8-6-12/h3-9,19H,10H2,1-2H3. The molecule has 5 nitrogen and oxygen atoms in total. The highest BCUT2D eigenvalue weighted by Gasteiger charge is 2.11. The third kappa shape index (κ3) is 2.50. The third-order valence-electron chi connectivity index (χ3n) is 3.31. The van der Waals surface area contributed by atoms with Crippen LogP contribution < -0.4 is 9.47 Å². The minimum absolute atomic E-state index is 0.139. The van der Waals surface area contributed by atoms with Crippen LogP contribution in [0.15, 0.2) is 42.6 Å². The molecule has 0 saturated carbocycles. The zero-order valence-electron chi connectivity index (χ0n) is 11.9. The maximum absolute atomic E-state index is 9.90. The summed E-state index contributed by atoms with van der Waals surface area (Å²) in [4.78, 5) is 4.32. The van der Waals surface area contributed by atoms with E-state index in [2.05, 4.69) is 4.98 Å². The zero-order valence-corrected chi connectivity index (χ0v) is 11.9. The Morgan fingerprint density at radius 1 is 1.19 bits per heavy atom. The molecule has 3 rings (SSSR count). The first-order valence-corrected chi connectivity index (χ1v) is 6.61. The number of aromatic hydroxyl groups is 1. The molecular formula is C16H16N2O3. The summed E-state index contributed by atoms with van der Waals surface area (Å²) in [6, 6.07) is 11.3. The predicted octanol–water partition coefficient (Wildman–Crippen LogP) is 2.94. The molecule has 5 heteroatoms. The van der Waals surface area contributed by atoms with Gasteiger partial charge in [0.25, 0.3) is 0 Å². The fourth-order valence-corrected chi connectivity index (χ4v) is 2.14. The van der Waals surface area contributed by atoms with Crippen LogP contribution in [0.1, 0.15) is 11.3 Å². The molecular weight excluding hydrogens is 268 g/mol. The van der Waals surface area contributed by atoms with Crippen molar-refractivity contribution in [2.24, 2.45) is 0 Å². The number of benzene rings is 1. The summed E-state index contributed by atoms with van der Waals surface area (Å²) in [6.45, 7) is 2.19. The molecule has 2 heterocycles. The van der Waals surface area contributed by atoms with Crippen molar-refractivity contribution in [2.45, 2.75) is 13.5 Å².